The number of nitrogen functional groups attached to an aromatic ring is 1. The number of hydrogen-bond donors (Lipinski definition) is 3. The van der Waals surface area contributed by atoms with Gasteiger partial charge in [0, 0.05) is 19.2 Å². The Morgan fingerprint density at radius 2 is 1.62 bits per heavy atom. The van der Waals surface area contributed by atoms with Crippen LogP contribution in [0.15, 0.2) is 31.0 Å². The third-order valence-corrected chi connectivity index (χ3v) is 10.7. The fourth-order valence-corrected chi connectivity index (χ4v) is 7.45. The van der Waals surface area contributed by atoms with Crippen molar-refractivity contribution in [2.45, 2.75) is 140 Å². The number of nitrogens with zero attached hydrogens (tertiary/aromatic N) is 7. The van der Waals surface area contributed by atoms with Gasteiger partial charge in [0.2, 0.25) is 0 Å². The minimum absolute atomic E-state index is 0.134. The molecule has 0 amide bonds. The van der Waals surface area contributed by atoms with Gasteiger partial charge in [0.15, 0.2) is 17.1 Å². The molecule has 1 unspecified atom stereocenters. The summed E-state index contributed by atoms with van der Waals surface area (Å²) in [5, 5.41) is 34.3. The molecule has 53 heavy (non-hydrogen) atoms. The molecular weight excluding hydrogens is 699 g/mol. The molecule has 1 saturated heterocycles. The second-order valence-electron chi connectivity index (χ2n) is 13.9. The highest BCUT2D eigenvalue weighted by Crippen LogP contribution is 2.46. The zero-order chi connectivity index (χ0) is 37.9. The van der Waals surface area contributed by atoms with Crippen LogP contribution in [0.25, 0.3) is 5.52 Å². The average Bonchev–Trinajstić information content (AvgIpc) is 3.90. The Morgan fingerprint density at radius 1 is 0.981 bits per heavy atom. The predicted molar refractivity (Wildman–Crippen MR) is 198 cm³/mol. The van der Waals surface area contributed by atoms with Gasteiger partial charge in [-0.1, -0.05) is 103 Å². The van der Waals surface area contributed by atoms with Crippen LogP contribution >= 0.6 is 7.82 Å². The molecule has 0 saturated carbocycles. The third-order valence-electron chi connectivity index (χ3n) is 9.78. The predicted octanol–water partition coefficient (Wildman–Crippen LogP) is 6.90. The van der Waals surface area contributed by atoms with Crippen LogP contribution in [-0.4, -0.2) is 72.8 Å². The van der Waals surface area contributed by atoms with Crippen LogP contribution in [0.1, 0.15) is 134 Å². The molecule has 292 valence electrons. The number of aliphatic hydroxyl groups excluding tert-OH is 1. The minimum atomic E-state index is -4.65. The van der Waals surface area contributed by atoms with Crippen LogP contribution in [-0.2, 0) is 28.7 Å². The van der Waals surface area contributed by atoms with Crippen molar-refractivity contribution in [1.29, 1.82) is 10.5 Å². The maximum absolute atomic E-state index is 12.9. The molecule has 4 heterocycles. The van der Waals surface area contributed by atoms with Crippen molar-refractivity contribution in [2.75, 3.05) is 32.2 Å². The van der Waals surface area contributed by atoms with Gasteiger partial charge in [0.05, 0.1) is 44.0 Å². The summed E-state index contributed by atoms with van der Waals surface area (Å²) in [6, 6.07) is 6.76. The van der Waals surface area contributed by atoms with E-state index < -0.39 is 38.3 Å². The highest BCUT2D eigenvalue weighted by Gasteiger charge is 2.50. The summed E-state index contributed by atoms with van der Waals surface area (Å²) < 4.78 is 38.4. The minimum Gasteiger partial charge on any atom is -0.390 e. The summed E-state index contributed by atoms with van der Waals surface area (Å²) in [4.78, 5) is 18.5. The van der Waals surface area contributed by atoms with Gasteiger partial charge in [-0.15, -0.1) is 0 Å². The van der Waals surface area contributed by atoms with E-state index in [0.717, 1.165) is 19.3 Å². The number of fused-ring (bicyclic) bond motifs is 1. The number of unbranched alkanes of at least 4 members (excludes halogenated alkanes) is 15. The molecule has 5 atom stereocenters. The van der Waals surface area contributed by atoms with Gasteiger partial charge in [-0.25, -0.2) is 19.0 Å². The van der Waals surface area contributed by atoms with E-state index in [0.29, 0.717) is 17.8 Å². The molecule has 16 heteroatoms. The van der Waals surface area contributed by atoms with Gasteiger partial charge in [-0.05, 0) is 18.6 Å². The topological polar surface area (TPSA) is 216 Å². The fourth-order valence-electron chi connectivity index (χ4n) is 6.68. The Balaban J connectivity index is 1.14. The molecule has 4 rings (SSSR count). The summed E-state index contributed by atoms with van der Waals surface area (Å²) in [5.41, 5.74) is 5.29. The highest BCUT2D eigenvalue weighted by molar-refractivity contribution is 7.47. The maximum atomic E-state index is 12.9. The van der Waals surface area contributed by atoms with Gasteiger partial charge < -0.3 is 29.8 Å². The van der Waals surface area contributed by atoms with Crippen molar-refractivity contribution in [3.63, 3.8) is 0 Å². The Bertz CT molecular complexity index is 1660. The second-order valence-corrected chi connectivity index (χ2v) is 15.4. The van der Waals surface area contributed by atoms with E-state index in [1.165, 1.54) is 107 Å². The quantitative estimate of drug-likeness (QED) is 0.0533. The molecule has 4 N–H and O–H groups in total. The number of aromatic nitrogens is 5. The number of phosphoric ester groups is 1. The highest BCUT2D eigenvalue weighted by atomic mass is 31.2. The molecule has 0 radical (unpaired) electrons. The first-order chi connectivity index (χ1) is 25.7. The van der Waals surface area contributed by atoms with Crippen molar-refractivity contribution in [2.24, 2.45) is 0 Å². The number of nitriles is 2. The summed E-state index contributed by atoms with van der Waals surface area (Å²) in [7, 11) is -4.65. The molecule has 0 spiro atoms. The Kier molecular flexibility index (Phi) is 17.7. The van der Waals surface area contributed by atoms with Crippen LogP contribution in [0.2, 0.25) is 0 Å². The van der Waals surface area contributed by atoms with Crippen molar-refractivity contribution < 1.29 is 33.1 Å². The summed E-state index contributed by atoms with van der Waals surface area (Å²) >= 11 is 0. The molecule has 1 aliphatic rings. The monoisotopic (exact) mass is 756 g/mol. The fraction of sp³-hybridized carbons (Fsp3) is 0.703. The summed E-state index contributed by atoms with van der Waals surface area (Å²) in [6.07, 6.45) is 22.3. The van der Waals surface area contributed by atoms with Gasteiger partial charge >= 0.3 is 7.82 Å². The molecule has 0 aromatic carbocycles. The molecule has 3 aromatic rings. The van der Waals surface area contributed by atoms with Crippen LogP contribution in [0, 0.1) is 22.7 Å². The van der Waals surface area contributed by atoms with Crippen molar-refractivity contribution >= 4 is 19.2 Å². The summed E-state index contributed by atoms with van der Waals surface area (Å²) in [6.45, 7) is 2.14. The number of ether oxygens (including phenoxy) is 2. The first-order valence-electron chi connectivity index (χ1n) is 19.2. The van der Waals surface area contributed by atoms with E-state index >= 15 is 0 Å². The number of phosphoric acid groups is 1. The SMILES string of the molecule is CCCCCCCCCCCCCCCCCCOC[C@H](COP(=O)(O)OC[C@H]1O[C@@](C#N)(c2ccc3c(N)ncnn23)C[C@@H]1O)n1cnc(C#N)c1. The lowest BCUT2D eigenvalue weighted by atomic mass is 9.96. The normalized spacial score (nSPS) is 20.3. The van der Waals surface area contributed by atoms with Crippen LogP contribution in [0.4, 0.5) is 5.82 Å². The van der Waals surface area contributed by atoms with E-state index in [1.807, 2.05) is 6.07 Å². The second kappa shape index (κ2) is 22.1. The molecule has 1 fully saturated rings. The number of imidazole rings is 1. The molecule has 15 nitrogen and oxygen atoms in total. The lowest BCUT2D eigenvalue weighted by Gasteiger charge is -2.23. The van der Waals surface area contributed by atoms with E-state index in [1.54, 1.807) is 16.7 Å². The molecule has 0 bridgehead atoms. The van der Waals surface area contributed by atoms with E-state index in [2.05, 4.69) is 28.1 Å². The van der Waals surface area contributed by atoms with Gasteiger partial charge in [0.1, 0.15) is 30.1 Å². The van der Waals surface area contributed by atoms with E-state index in [-0.39, 0.29) is 31.1 Å². The number of hydrogen-bond acceptors (Lipinski definition) is 12. The van der Waals surface area contributed by atoms with Crippen LogP contribution in [0.3, 0.4) is 0 Å². The number of nitrogens with two attached hydrogens (primary N) is 1. The van der Waals surface area contributed by atoms with Gasteiger partial charge in [-0.3, -0.25) is 9.05 Å². The van der Waals surface area contributed by atoms with Crippen molar-refractivity contribution in [3.05, 3.63) is 42.4 Å². The molecule has 0 aliphatic carbocycles. The maximum Gasteiger partial charge on any atom is 0.472 e. The molecule has 3 aromatic heterocycles. The van der Waals surface area contributed by atoms with Crippen LogP contribution < -0.4 is 5.73 Å². The first kappa shape index (κ1) is 42.3. The van der Waals surface area contributed by atoms with Gasteiger partial charge in [-0.2, -0.15) is 15.6 Å². The van der Waals surface area contributed by atoms with Gasteiger partial charge in [0.25, 0.3) is 0 Å². The average molecular weight is 757 g/mol. The zero-order valence-corrected chi connectivity index (χ0v) is 32.0. The molecule has 1 aliphatic heterocycles. The largest absolute Gasteiger partial charge is 0.472 e. The Hall–Kier alpha value is -3.40. The lowest BCUT2D eigenvalue weighted by molar-refractivity contribution is -0.0530. The standard InChI is InChI=1S/C37H57N8O7P/c1-2-3-4-5-6-7-8-9-10-11-12-13-14-15-16-17-20-49-24-31(44-23-30(22-38)42-29-44)25-50-53(47,48)51-26-34-33(46)21-37(27-39,52-34)35-19-18-32-36(40)41-28-43-45(32)35/h18-19,23,28-29,31,33-34,46H,2-17,20-21,24-26H2,1H3,(H,47,48)(H2,40,41,43)/t31-,33+,34-,37+/m1/s1. The zero-order valence-electron chi connectivity index (χ0n) is 31.1. The van der Waals surface area contributed by atoms with Crippen molar-refractivity contribution in [1.82, 2.24) is 24.1 Å². The first-order valence-corrected chi connectivity index (χ1v) is 20.7. The van der Waals surface area contributed by atoms with E-state index in [9.17, 15) is 25.1 Å². The smallest absolute Gasteiger partial charge is 0.390 e. The third kappa shape index (κ3) is 13.1. The number of rotatable bonds is 27. The Morgan fingerprint density at radius 3 is 2.23 bits per heavy atom. The molecular formula is C37H57N8O7P. The van der Waals surface area contributed by atoms with Crippen molar-refractivity contribution in [3.8, 4) is 12.1 Å². The lowest BCUT2D eigenvalue weighted by Crippen LogP contribution is -2.29. The number of aliphatic hydroxyl groups is 1. The number of anilines is 1. The van der Waals surface area contributed by atoms with Crippen LogP contribution in [0.5, 0.6) is 0 Å². The Labute approximate surface area is 313 Å². The van der Waals surface area contributed by atoms with E-state index in [4.69, 9.17) is 24.3 Å². The summed E-state index contributed by atoms with van der Waals surface area (Å²) in [5.74, 6) is 0.208.